The van der Waals surface area contributed by atoms with Crippen LogP contribution >= 0.6 is 11.8 Å². The zero-order valence-electron chi connectivity index (χ0n) is 16.7. The number of methoxy groups -OCH3 is 1. The molecule has 3 aromatic rings. The van der Waals surface area contributed by atoms with Gasteiger partial charge in [0.2, 0.25) is 5.91 Å². The second kappa shape index (κ2) is 8.66. The van der Waals surface area contributed by atoms with E-state index in [0.29, 0.717) is 22.3 Å². The molecule has 0 fully saturated rings. The van der Waals surface area contributed by atoms with Crippen LogP contribution in [0.3, 0.4) is 0 Å². The van der Waals surface area contributed by atoms with Gasteiger partial charge in [-0.15, -0.1) is 0 Å². The second-order valence-corrected chi connectivity index (χ2v) is 7.94. The van der Waals surface area contributed by atoms with E-state index >= 15 is 0 Å². The third-order valence-electron chi connectivity index (χ3n) is 4.82. The molecule has 1 unspecified atom stereocenters. The molecule has 0 radical (unpaired) electrons. The summed E-state index contributed by atoms with van der Waals surface area (Å²) in [5.41, 5.74) is 3.00. The first-order chi connectivity index (χ1) is 14.5. The number of hydrogen-bond donors (Lipinski definition) is 1. The zero-order chi connectivity index (χ0) is 21.1. The van der Waals surface area contributed by atoms with E-state index in [9.17, 15) is 9.59 Å². The van der Waals surface area contributed by atoms with Crippen LogP contribution in [0.2, 0.25) is 0 Å². The van der Waals surface area contributed by atoms with E-state index in [-0.39, 0.29) is 30.5 Å². The van der Waals surface area contributed by atoms with Gasteiger partial charge in [-0.25, -0.2) is 15.0 Å². The fourth-order valence-corrected chi connectivity index (χ4v) is 4.50. The van der Waals surface area contributed by atoms with E-state index in [1.165, 1.54) is 24.2 Å². The molecule has 0 spiro atoms. The highest BCUT2D eigenvalue weighted by atomic mass is 32.2. The SMILES string of the molecule is COc1ccc(-c2cc(CNC(=O)CC3CSc4nc(C)cc(=O)n43)ncn2)cc1. The van der Waals surface area contributed by atoms with Crippen molar-refractivity contribution in [3.63, 3.8) is 0 Å². The van der Waals surface area contributed by atoms with E-state index in [1.807, 2.05) is 30.3 Å². The lowest BCUT2D eigenvalue weighted by molar-refractivity contribution is -0.121. The number of rotatable bonds is 6. The number of thioether (sulfide) groups is 1. The first-order valence-electron chi connectivity index (χ1n) is 9.48. The number of aryl methyl sites for hydroxylation is 1. The van der Waals surface area contributed by atoms with Crippen molar-refractivity contribution in [2.75, 3.05) is 12.9 Å². The Kier molecular flexibility index (Phi) is 5.80. The molecule has 1 amide bonds. The third-order valence-corrected chi connectivity index (χ3v) is 5.91. The number of nitrogens with zero attached hydrogens (tertiary/aromatic N) is 4. The normalized spacial score (nSPS) is 14.9. The van der Waals surface area contributed by atoms with Gasteiger partial charge in [0.1, 0.15) is 12.1 Å². The molecule has 1 aromatic carbocycles. The maximum absolute atomic E-state index is 12.5. The number of nitrogens with one attached hydrogen (secondary N) is 1. The molecule has 0 bridgehead atoms. The van der Waals surface area contributed by atoms with Crippen molar-refractivity contribution in [3.05, 3.63) is 64.5 Å². The number of carbonyl (C=O) groups excluding carboxylic acids is 1. The lowest BCUT2D eigenvalue weighted by atomic mass is 10.1. The molecule has 0 saturated heterocycles. The highest BCUT2D eigenvalue weighted by Gasteiger charge is 2.27. The fourth-order valence-electron chi connectivity index (χ4n) is 3.30. The number of amides is 1. The number of benzene rings is 1. The Morgan fingerprint density at radius 3 is 2.83 bits per heavy atom. The summed E-state index contributed by atoms with van der Waals surface area (Å²) < 4.78 is 6.79. The van der Waals surface area contributed by atoms with Crippen LogP contribution in [0, 0.1) is 6.92 Å². The minimum atomic E-state index is -0.189. The number of aromatic nitrogens is 4. The van der Waals surface area contributed by atoms with Gasteiger partial charge in [0.25, 0.3) is 5.56 Å². The summed E-state index contributed by atoms with van der Waals surface area (Å²) in [5.74, 6) is 1.30. The van der Waals surface area contributed by atoms with E-state index in [4.69, 9.17) is 4.74 Å². The monoisotopic (exact) mass is 423 g/mol. The lowest BCUT2D eigenvalue weighted by Gasteiger charge is -2.13. The summed E-state index contributed by atoms with van der Waals surface area (Å²) in [5, 5.41) is 3.57. The van der Waals surface area contributed by atoms with Gasteiger partial charge < -0.3 is 10.1 Å². The topological polar surface area (TPSA) is 99.0 Å². The van der Waals surface area contributed by atoms with Gasteiger partial charge in [-0.1, -0.05) is 11.8 Å². The number of ether oxygens (including phenoxy) is 1. The number of carbonyl (C=O) groups is 1. The van der Waals surface area contributed by atoms with Crippen molar-refractivity contribution in [2.45, 2.75) is 31.1 Å². The van der Waals surface area contributed by atoms with Gasteiger partial charge in [0.15, 0.2) is 5.16 Å². The summed E-state index contributed by atoms with van der Waals surface area (Å²) in [6, 6.07) is 10.7. The number of hydrogen-bond acceptors (Lipinski definition) is 7. The third kappa shape index (κ3) is 4.35. The van der Waals surface area contributed by atoms with Crippen LogP contribution in [-0.2, 0) is 11.3 Å². The molecule has 3 heterocycles. The zero-order valence-corrected chi connectivity index (χ0v) is 17.5. The summed E-state index contributed by atoms with van der Waals surface area (Å²) in [6.45, 7) is 2.09. The van der Waals surface area contributed by atoms with Gasteiger partial charge in [-0.2, -0.15) is 0 Å². The molecule has 154 valence electrons. The molecule has 30 heavy (non-hydrogen) atoms. The first-order valence-corrected chi connectivity index (χ1v) is 10.5. The molecule has 9 heteroatoms. The van der Waals surface area contributed by atoms with E-state index in [1.54, 1.807) is 18.6 Å². The Labute approximate surface area is 177 Å². The van der Waals surface area contributed by atoms with Gasteiger partial charge in [-0.05, 0) is 37.3 Å². The van der Waals surface area contributed by atoms with Gasteiger partial charge in [0, 0.05) is 29.5 Å². The quantitative estimate of drug-likeness (QED) is 0.608. The van der Waals surface area contributed by atoms with Crippen molar-refractivity contribution >= 4 is 17.7 Å². The highest BCUT2D eigenvalue weighted by molar-refractivity contribution is 7.99. The van der Waals surface area contributed by atoms with Crippen LogP contribution in [0.1, 0.15) is 23.9 Å². The first kappa shape index (κ1) is 20.1. The Balaban J connectivity index is 1.39. The highest BCUT2D eigenvalue weighted by Crippen LogP contribution is 2.31. The molecular weight excluding hydrogens is 402 g/mol. The Hall–Kier alpha value is -3.20. The fraction of sp³-hybridized carbons (Fsp3) is 0.286. The van der Waals surface area contributed by atoms with Crippen LogP contribution in [-0.4, -0.2) is 38.3 Å². The second-order valence-electron chi connectivity index (χ2n) is 6.96. The minimum absolute atomic E-state index is 0.111. The maximum atomic E-state index is 12.5. The van der Waals surface area contributed by atoms with E-state index in [0.717, 1.165) is 17.0 Å². The summed E-state index contributed by atoms with van der Waals surface area (Å²) in [6.07, 6.45) is 1.71. The lowest BCUT2D eigenvalue weighted by Crippen LogP contribution is -2.30. The molecule has 0 saturated carbocycles. The van der Waals surface area contributed by atoms with Crippen molar-refractivity contribution < 1.29 is 9.53 Å². The van der Waals surface area contributed by atoms with Gasteiger partial charge >= 0.3 is 0 Å². The molecule has 2 aromatic heterocycles. The van der Waals surface area contributed by atoms with Crippen molar-refractivity contribution in [3.8, 4) is 17.0 Å². The van der Waals surface area contributed by atoms with Crippen LogP contribution in [0.5, 0.6) is 5.75 Å². The molecule has 1 atom stereocenters. The van der Waals surface area contributed by atoms with Crippen LogP contribution in [0.25, 0.3) is 11.3 Å². The standard InChI is InChI=1S/C21H21N5O3S/c1-13-7-20(28)26-16(11-30-21(26)25-13)9-19(27)22-10-15-8-18(24-12-23-15)14-3-5-17(29-2)6-4-14/h3-8,12,16H,9-11H2,1-2H3,(H,22,27). The molecule has 1 aliphatic heterocycles. The van der Waals surface area contributed by atoms with E-state index in [2.05, 4.69) is 20.3 Å². The van der Waals surface area contributed by atoms with Crippen molar-refractivity contribution in [1.29, 1.82) is 0 Å². The molecule has 4 rings (SSSR count). The van der Waals surface area contributed by atoms with Crippen LogP contribution in [0.15, 0.2) is 52.7 Å². The largest absolute Gasteiger partial charge is 0.497 e. The van der Waals surface area contributed by atoms with Crippen molar-refractivity contribution in [2.24, 2.45) is 0 Å². The average Bonchev–Trinajstić information content (AvgIpc) is 3.15. The average molecular weight is 423 g/mol. The van der Waals surface area contributed by atoms with Crippen molar-refractivity contribution in [1.82, 2.24) is 24.8 Å². The minimum Gasteiger partial charge on any atom is -0.497 e. The van der Waals surface area contributed by atoms with Gasteiger partial charge in [0.05, 0.1) is 31.1 Å². The van der Waals surface area contributed by atoms with Gasteiger partial charge in [-0.3, -0.25) is 14.2 Å². The molecular formula is C21H21N5O3S. The molecule has 1 aliphatic rings. The smallest absolute Gasteiger partial charge is 0.254 e. The summed E-state index contributed by atoms with van der Waals surface area (Å²) in [7, 11) is 1.62. The Bertz CT molecular complexity index is 1130. The Morgan fingerprint density at radius 2 is 2.07 bits per heavy atom. The molecule has 0 aliphatic carbocycles. The number of fused-ring (bicyclic) bond motifs is 1. The molecule has 8 nitrogen and oxygen atoms in total. The predicted octanol–water partition coefficient (Wildman–Crippen LogP) is 2.37. The summed E-state index contributed by atoms with van der Waals surface area (Å²) >= 11 is 1.51. The van der Waals surface area contributed by atoms with E-state index < -0.39 is 0 Å². The summed E-state index contributed by atoms with van der Waals surface area (Å²) in [4.78, 5) is 37.7. The maximum Gasteiger partial charge on any atom is 0.254 e. The Morgan fingerprint density at radius 1 is 1.27 bits per heavy atom. The predicted molar refractivity (Wildman–Crippen MR) is 113 cm³/mol. The van der Waals surface area contributed by atoms with Crippen LogP contribution in [0.4, 0.5) is 0 Å². The van der Waals surface area contributed by atoms with Crippen LogP contribution < -0.4 is 15.6 Å². The molecule has 1 N–H and O–H groups in total.